The first-order valence-corrected chi connectivity index (χ1v) is 6.28. The van der Waals surface area contributed by atoms with E-state index in [1.165, 1.54) is 0 Å². The predicted octanol–water partition coefficient (Wildman–Crippen LogP) is 3.10. The van der Waals surface area contributed by atoms with Crippen molar-refractivity contribution in [1.29, 1.82) is 0 Å². The first-order chi connectivity index (χ1) is 9.26. The van der Waals surface area contributed by atoms with Gasteiger partial charge in [-0.05, 0) is 30.1 Å². The summed E-state index contributed by atoms with van der Waals surface area (Å²) in [5.74, 6) is 0.825. The van der Waals surface area contributed by atoms with E-state index in [1.807, 2.05) is 53.5 Å². The van der Waals surface area contributed by atoms with Crippen LogP contribution in [0.4, 0.5) is 17.1 Å². The Morgan fingerprint density at radius 2 is 1.79 bits per heavy atom. The molecular weight excluding hydrogens is 238 g/mol. The van der Waals surface area contributed by atoms with Gasteiger partial charge in [0.2, 0.25) is 0 Å². The molecule has 0 bridgehead atoms. The summed E-state index contributed by atoms with van der Waals surface area (Å²) in [4.78, 5) is 0. The second-order valence-corrected chi connectivity index (χ2v) is 4.12. The van der Waals surface area contributed by atoms with Crippen LogP contribution in [0, 0.1) is 0 Å². The third-order valence-corrected chi connectivity index (χ3v) is 2.91. The maximum Gasteiger partial charge on any atom is 0.251 e. The van der Waals surface area contributed by atoms with Crippen molar-refractivity contribution < 1.29 is 4.74 Å². The molecule has 4 heteroatoms. The highest BCUT2D eigenvalue weighted by Gasteiger charge is 2.22. The highest BCUT2D eigenvalue weighted by Crippen LogP contribution is 2.28. The number of rotatable bonds is 5. The molecule has 0 saturated carbocycles. The van der Waals surface area contributed by atoms with Crippen LogP contribution in [-0.4, -0.2) is 13.7 Å². The van der Waals surface area contributed by atoms with E-state index in [2.05, 4.69) is 12.3 Å². The van der Waals surface area contributed by atoms with Gasteiger partial charge in [-0.25, -0.2) is 0 Å². The number of methoxy groups -OCH3 is 1. The summed E-state index contributed by atoms with van der Waals surface area (Å²) in [6.07, 6.45) is 0. The highest BCUT2D eigenvalue weighted by molar-refractivity contribution is 5.67. The fraction of sp³-hybridized carbons (Fsp3) is 0.200. The third-order valence-electron chi connectivity index (χ3n) is 2.91. The number of nitrogen functional groups attached to an aromatic ring is 1. The average molecular weight is 257 g/mol. The molecule has 0 aliphatic heterocycles. The average Bonchev–Trinajstić information content (AvgIpc) is 2.46. The van der Waals surface area contributed by atoms with E-state index in [-0.39, 0.29) is 0 Å². The molecule has 0 amide bonds. The molecule has 2 aromatic rings. The highest BCUT2D eigenvalue weighted by atomic mass is 16.5. The molecule has 1 radical (unpaired) electrons. The summed E-state index contributed by atoms with van der Waals surface area (Å²) >= 11 is 0. The number of benzene rings is 2. The summed E-state index contributed by atoms with van der Waals surface area (Å²) in [5, 5.41) is 2.00. The van der Waals surface area contributed by atoms with Crippen LogP contribution in [0.3, 0.4) is 0 Å². The number of nitrogens with two attached hydrogens (primary N) is 1. The molecule has 2 rings (SSSR count). The van der Waals surface area contributed by atoms with Crippen molar-refractivity contribution in [3.63, 3.8) is 0 Å². The van der Waals surface area contributed by atoms with Gasteiger partial charge in [0.25, 0.3) is 5.69 Å². The second kappa shape index (κ2) is 6.11. The Morgan fingerprint density at radius 1 is 1.11 bits per heavy atom. The molecule has 0 atom stereocenters. The lowest BCUT2D eigenvalue weighted by atomic mass is 10.2. The van der Waals surface area contributed by atoms with E-state index in [0.29, 0.717) is 0 Å². The minimum Gasteiger partial charge on any atom is -0.491 e. The molecule has 0 saturated heterocycles. The maximum absolute atomic E-state index is 5.95. The summed E-state index contributed by atoms with van der Waals surface area (Å²) < 4.78 is 5.38. The number of nitrogens with one attached hydrogen (secondary N) is 1. The van der Waals surface area contributed by atoms with Gasteiger partial charge in [0.15, 0.2) is 12.3 Å². The normalized spacial score (nSPS) is 10.5. The number of hydrogen-bond donors (Lipinski definition) is 2. The van der Waals surface area contributed by atoms with Gasteiger partial charge in [-0.3, -0.25) is 0 Å². The Bertz CT molecular complexity index is 542. The Labute approximate surface area is 113 Å². The summed E-state index contributed by atoms with van der Waals surface area (Å²) in [5.41, 5.74) is 11.9. The monoisotopic (exact) mass is 257 g/mol. The lowest BCUT2D eigenvalue weighted by Gasteiger charge is -2.14. The lowest BCUT2D eigenvalue weighted by Crippen LogP contribution is -2.31. The van der Waals surface area contributed by atoms with Gasteiger partial charge in [0.05, 0.1) is 12.8 Å². The first kappa shape index (κ1) is 13.2. The maximum atomic E-state index is 5.95. The molecule has 0 heterocycles. The van der Waals surface area contributed by atoms with Crippen molar-refractivity contribution in [2.45, 2.75) is 6.92 Å². The molecule has 0 fully saturated rings. The lowest BCUT2D eigenvalue weighted by molar-refractivity contribution is 0.408. The Balaban J connectivity index is 2.28. The molecule has 0 spiro atoms. The molecule has 19 heavy (non-hydrogen) atoms. The number of ether oxygens (including phenoxy) is 1. The standard InChI is InChI=1S/C15H19N3O/c1-3-18(14-10-6-7-11-15(14)19-2)17-13-9-5-4-8-12(13)16/h4-11,17H,3,16H2,1-2H3/q+1. The second-order valence-electron chi connectivity index (χ2n) is 4.12. The first-order valence-electron chi connectivity index (χ1n) is 6.28. The summed E-state index contributed by atoms with van der Waals surface area (Å²) in [7, 11) is 1.67. The molecule has 0 aliphatic rings. The van der Waals surface area contributed by atoms with Gasteiger partial charge in [-0.15, -0.1) is 0 Å². The quantitative estimate of drug-likeness (QED) is 0.491. The largest absolute Gasteiger partial charge is 0.491 e. The molecule has 2 aromatic carbocycles. The van der Waals surface area contributed by atoms with Gasteiger partial charge in [-0.2, -0.15) is 5.43 Å². The number of anilines is 3. The van der Waals surface area contributed by atoms with Crippen LogP contribution in [0.2, 0.25) is 0 Å². The number of hydrogen-bond acceptors (Lipinski definition) is 4. The van der Waals surface area contributed by atoms with Gasteiger partial charge >= 0.3 is 0 Å². The number of para-hydroxylation sites is 4. The van der Waals surface area contributed by atoms with Gasteiger partial charge in [0.1, 0.15) is 5.69 Å². The van der Waals surface area contributed by atoms with Crippen molar-refractivity contribution in [2.75, 3.05) is 24.8 Å². The van der Waals surface area contributed by atoms with Gasteiger partial charge < -0.3 is 10.5 Å². The molecule has 3 N–H and O–H groups in total. The fourth-order valence-electron chi connectivity index (χ4n) is 1.91. The topological polar surface area (TPSA) is 53.2 Å². The van der Waals surface area contributed by atoms with E-state index in [9.17, 15) is 0 Å². The van der Waals surface area contributed by atoms with Crippen molar-refractivity contribution >= 4 is 17.1 Å². The van der Waals surface area contributed by atoms with E-state index < -0.39 is 0 Å². The Hall–Kier alpha value is -2.20. The Morgan fingerprint density at radius 3 is 2.47 bits per heavy atom. The van der Waals surface area contributed by atoms with E-state index in [4.69, 9.17) is 10.5 Å². The third kappa shape index (κ3) is 2.98. The minimum atomic E-state index is 0.718. The smallest absolute Gasteiger partial charge is 0.251 e. The molecule has 0 unspecified atom stereocenters. The molecular formula is C15H19N3O+. The fourth-order valence-corrected chi connectivity index (χ4v) is 1.91. The Kier molecular flexibility index (Phi) is 4.26. The van der Waals surface area contributed by atoms with Crippen molar-refractivity contribution in [1.82, 2.24) is 5.01 Å². The number of nitrogens with zero attached hydrogens (tertiary/aromatic N) is 1. The zero-order valence-electron chi connectivity index (χ0n) is 11.3. The van der Waals surface area contributed by atoms with Crippen LogP contribution < -0.4 is 20.9 Å². The summed E-state index contributed by atoms with van der Waals surface area (Å²) in [6.45, 7) is 2.85. The van der Waals surface area contributed by atoms with Crippen molar-refractivity contribution in [3.8, 4) is 5.75 Å². The SMILES string of the molecule is CC[N+](Nc1ccccc1N)c1ccccc1OC. The van der Waals surface area contributed by atoms with E-state index >= 15 is 0 Å². The van der Waals surface area contributed by atoms with Crippen LogP contribution in [-0.2, 0) is 0 Å². The number of hydrazine groups is 1. The van der Waals surface area contributed by atoms with Gasteiger partial charge in [0, 0.05) is 6.07 Å². The molecule has 4 nitrogen and oxygen atoms in total. The van der Waals surface area contributed by atoms with Crippen LogP contribution in [0.5, 0.6) is 5.75 Å². The zero-order chi connectivity index (χ0) is 13.7. The molecule has 0 aliphatic carbocycles. The molecule has 0 aromatic heterocycles. The van der Waals surface area contributed by atoms with E-state index in [1.54, 1.807) is 7.11 Å². The van der Waals surface area contributed by atoms with Crippen LogP contribution in [0.25, 0.3) is 0 Å². The van der Waals surface area contributed by atoms with Crippen LogP contribution in [0.1, 0.15) is 6.92 Å². The van der Waals surface area contributed by atoms with Crippen molar-refractivity contribution in [2.24, 2.45) is 0 Å². The summed E-state index contributed by atoms with van der Waals surface area (Å²) in [6, 6.07) is 15.6. The van der Waals surface area contributed by atoms with Crippen LogP contribution >= 0.6 is 0 Å². The zero-order valence-corrected chi connectivity index (χ0v) is 11.3. The van der Waals surface area contributed by atoms with Crippen LogP contribution in [0.15, 0.2) is 48.5 Å². The minimum absolute atomic E-state index is 0.718. The predicted molar refractivity (Wildman–Crippen MR) is 79.8 cm³/mol. The van der Waals surface area contributed by atoms with Gasteiger partial charge in [-0.1, -0.05) is 24.3 Å². The molecule has 99 valence electrons. The van der Waals surface area contributed by atoms with E-state index in [0.717, 1.165) is 29.4 Å². The van der Waals surface area contributed by atoms with Crippen molar-refractivity contribution in [3.05, 3.63) is 48.5 Å².